The maximum Gasteiger partial charge on any atom is 0.420 e. The lowest BCUT2D eigenvalue weighted by Gasteiger charge is -2.13. The van der Waals surface area contributed by atoms with E-state index in [0.717, 1.165) is 24.8 Å². The molecular weight excluding hydrogens is 362 g/mol. The van der Waals surface area contributed by atoms with Gasteiger partial charge >= 0.3 is 6.09 Å². The van der Waals surface area contributed by atoms with Gasteiger partial charge in [0.2, 0.25) is 11.7 Å². The van der Waals surface area contributed by atoms with Gasteiger partial charge in [0.05, 0.1) is 12.6 Å². The molecule has 8 heteroatoms. The van der Waals surface area contributed by atoms with E-state index < -0.39 is 23.8 Å². The van der Waals surface area contributed by atoms with Gasteiger partial charge in [-0.1, -0.05) is 50.1 Å². The first-order chi connectivity index (χ1) is 13.5. The maximum atomic E-state index is 12.1. The van der Waals surface area contributed by atoms with E-state index in [-0.39, 0.29) is 18.1 Å². The van der Waals surface area contributed by atoms with E-state index in [9.17, 15) is 14.7 Å². The van der Waals surface area contributed by atoms with Crippen LogP contribution in [0, 0.1) is 0 Å². The van der Waals surface area contributed by atoms with Crippen LogP contribution in [0.5, 0.6) is 17.4 Å². The molecule has 0 saturated heterocycles. The summed E-state index contributed by atoms with van der Waals surface area (Å²) in [5.41, 5.74) is 6.69. The molecule has 8 nitrogen and oxygen atoms in total. The third-order valence-electron chi connectivity index (χ3n) is 3.91. The summed E-state index contributed by atoms with van der Waals surface area (Å²) < 4.78 is 10.4. The molecule has 0 aliphatic rings. The van der Waals surface area contributed by atoms with Crippen molar-refractivity contribution in [1.82, 2.24) is 10.3 Å². The van der Waals surface area contributed by atoms with Crippen LogP contribution in [0.4, 0.5) is 4.79 Å². The van der Waals surface area contributed by atoms with Gasteiger partial charge < -0.3 is 20.3 Å². The summed E-state index contributed by atoms with van der Waals surface area (Å²) in [6.45, 7) is 2.49. The lowest BCUT2D eigenvalue weighted by Crippen LogP contribution is -2.45. The Hall–Kier alpha value is -3.13. The van der Waals surface area contributed by atoms with E-state index in [0.29, 0.717) is 6.61 Å². The van der Waals surface area contributed by atoms with E-state index in [1.807, 2.05) is 35.6 Å². The molecule has 4 N–H and O–H groups in total. The summed E-state index contributed by atoms with van der Waals surface area (Å²) in [5.74, 6) is -1.30. The standard InChI is InChI=1S/C20H25N3O5/c1-2-3-7-12-27-16-10-11-22-19(17(16)24)28-20(26)23-18(25)15(21)13-14-8-5-4-6-9-14/h4-6,8-11,15,24H,2-3,7,12-13,21H2,1H3,(H,23,25,26)/t15-/m1/s1. The molecule has 0 fully saturated rings. The normalized spacial score (nSPS) is 11.5. The Morgan fingerprint density at radius 1 is 1.21 bits per heavy atom. The molecule has 0 bridgehead atoms. The summed E-state index contributed by atoms with van der Waals surface area (Å²) >= 11 is 0. The van der Waals surface area contributed by atoms with E-state index >= 15 is 0 Å². The number of hydrogen-bond acceptors (Lipinski definition) is 7. The molecule has 2 rings (SSSR count). The topological polar surface area (TPSA) is 124 Å². The fraction of sp³-hybridized carbons (Fsp3) is 0.350. The number of aromatic hydroxyl groups is 1. The molecule has 28 heavy (non-hydrogen) atoms. The van der Waals surface area contributed by atoms with Crippen molar-refractivity contribution in [2.75, 3.05) is 6.61 Å². The van der Waals surface area contributed by atoms with Crippen molar-refractivity contribution < 1.29 is 24.2 Å². The van der Waals surface area contributed by atoms with Crippen molar-refractivity contribution in [3.63, 3.8) is 0 Å². The quantitative estimate of drug-likeness (QED) is 0.565. The van der Waals surface area contributed by atoms with Crippen molar-refractivity contribution in [2.45, 2.75) is 38.6 Å². The Labute approximate surface area is 163 Å². The molecule has 0 aliphatic heterocycles. The largest absolute Gasteiger partial charge is 0.501 e. The van der Waals surface area contributed by atoms with E-state index in [1.54, 1.807) is 0 Å². The van der Waals surface area contributed by atoms with Crippen molar-refractivity contribution in [3.8, 4) is 17.4 Å². The van der Waals surface area contributed by atoms with Gasteiger partial charge in [0, 0.05) is 12.3 Å². The van der Waals surface area contributed by atoms with Crippen molar-refractivity contribution >= 4 is 12.0 Å². The monoisotopic (exact) mass is 387 g/mol. The Morgan fingerprint density at radius 2 is 1.96 bits per heavy atom. The number of amides is 2. The number of rotatable bonds is 9. The lowest BCUT2D eigenvalue weighted by molar-refractivity contribution is -0.121. The number of nitrogens with zero attached hydrogens (tertiary/aromatic N) is 1. The molecule has 1 aromatic heterocycles. The lowest BCUT2D eigenvalue weighted by atomic mass is 10.1. The molecule has 1 heterocycles. The van der Waals surface area contributed by atoms with Crippen LogP contribution in [0.25, 0.3) is 0 Å². The highest BCUT2D eigenvalue weighted by molar-refractivity contribution is 5.95. The molecule has 0 unspecified atom stereocenters. The van der Waals surface area contributed by atoms with Crippen LogP contribution in [0.15, 0.2) is 42.6 Å². The number of pyridine rings is 1. The number of aromatic nitrogens is 1. The fourth-order valence-electron chi connectivity index (χ4n) is 2.41. The zero-order chi connectivity index (χ0) is 20.4. The Bertz CT molecular complexity index is 783. The van der Waals surface area contributed by atoms with Gasteiger partial charge in [-0.25, -0.2) is 9.78 Å². The minimum absolute atomic E-state index is 0.154. The first kappa shape index (κ1) is 21.2. The number of carbonyl (C=O) groups excluding carboxylic acids is 2. The van der Waals surface area contributed by atoms with Gasteiger partial charge in [0.25, 0.3) is 5.88 Å². The number of unbranched alkanes of at least 4 members (excludes halogenated alkanes) is 2. The molecule has 2 amide bonds. The van der Waals surface area contributed by atoms with Crippen LogP contribution in [0.3, 0.4) is 0 Å². The molecule has 0 aliphatic carbocycles. The molecule has 1 atom stereocenters. The second-order valence-electron chi connectivity index (χ2n) is 6.19. The SMILES string of the molecule is CCCCCOc1ccnc(OC(=O)NC(=O)[C@H](N)Cc2ccccc2)c1O. The Morgan fingerprint density at radius 3 is 2.68 bits per heavy atom. The van der Waals surface area contributed by atoms with Gasteiger partial charge in [-0.05, 0) is 18.4 Å². The third-order valence-corrected chi connectivity index (χ3v) is 3.91. The van der Waals surface area contributed by atoms with Gasteiger partial charge in [0.15, 0.2) is 5.75 Å². The number of carbonyl (C=O) groups is 2. The smallest absolute Gasteiger partial charge is 0.420 e. The van der Waals surface area contributed by atoms with Crippen LogP contribution < -0.4 is 20.5 Å². The third kappa shape index (κ3) is 6.55. The van der Waals surface area contributed by atoms with E-state index in [4.69, 9.17) is 15.2 Å². The average Bonchev–Trinajstić information content (AvgIpc) is 2.68. The van der Waals surface area contributed by atoms with Gasteiger partial charge in [-0.3, -0.25) is 10.1 Å². The molecule has 2 aromatic rings. The number of imide groups is 1. The zero-order valence-electron chi connectivity index (χ0n) is 15.8. The summed E-state index contributed by atoms with van der Waals surface area (Å²) in [4.78, 5) is 27.8. The number of ether oxygens (including phenoxy) is 2. The van der Waals surface area contributed by atoms with E-state index in [2.05, 4.69) is 11.9 Å². The van der Waals surface area contributed by atoms with Crippen LogP contribution in [0.2, 0.25) is 0 Å². The first-order valence-electron chi connectivity index (χ1n) is 9.14. The number of nitrogens with two attached hydrogens (primary N) is 1. The van der Waals surface area contributed by atoms with Crippen molar-refractivity contribution in [3.05, 3.63) is 48.2 Å². The predicted octanol–water partition coefficient (Wildman–Crippen LogP) is 2.54. The Kier molecular flexibility index (Phi) is 8.23. The van der Waals surface area contributed by atoms with Crippen LogP contribution >= 0.6 is 0 Å². The number of benzene rings is 1. The predicted molar refractivity (Wildman–Crippen MR) is 103 cm³/mol. The van der Waals surface area contributed by atoms with Gasteiger partial charge in [-0.2, -0.15) is 0 Å². The summed E-state index contributed by atoms with van der Waals surface area (Å²) in [6.07, 6.45) is 3.40. The number of nitrogens with one attached hydrogen (secondary N) is 1. The highest BCUT2D eigenvalue weighted by atomic mass is 16.6. The molecule has 150 valence electrons. The maximum absolute atomic E-state index is 12.1. The molecular formula is C20H25N3O5. The molecule has 1 aromatic carbocycles. The highest BCUT2D eigenvalue weighted by Crippen LogP contribution is 2.33. The summed E-state index contributed by atoms with van der Waals surface area (Å²) in [6, 6.07) is 9.73. The summed E-state index contributed by atoms with van der Waals surface area (Å²) in [5, 5.41) is 12.2. The van der Waals surface area contributed by atoms with E-state index in [1.165, 1.54) is 12.3 Å². The van der Waals surface area contributed by atoms with Crippen LogP contribution in [-0.2, 0) is 11.2 Å². The summed E-state index contributed by atoms with van der Waals surface area (Å²) in [7, 11) is 0. The second kappa shape index (κ2) is 10.9. The first-order valence-corrected chi connectivity index (χ1v) is 9.14. The van der Waals surface area contributed by atoms with Crippen molar-refractivity contribution in [1.29, 1.82) is 0 Å². The molecule has 0 radical (unpaired) electrons. The minimum Gasteiger partial charge on any atom is -0.501 e. The molecule has 0 saturated carbocycles. The van der Waals surface area contributed by atoms with Gasteiger partial charge in [0.1, 0.15) is 0 Å². The average molecular weight is 387 g/mol. The van der Waals surface area contributed by atoms with Crippen molar-refractivity contribution in [2.24, 2.45) is 5.73 Å². The zero-order valence-corrected chi connectivity index (χ0v) is 15.8. The van der Waals surface area contributed by atoms with Gasteiger partial charge in [-0.15, -0.1) is 0 Å². The highest BCUT2D eigenvalue weighted by Gasteiger charge is 2.20. The van der Waals surface area contributed by atoms with Crippen LogP contribution in [0.1, 0.15) is 31.7 Å². The minimum atomic E-state index is -1.08. The van der Waals surface area contributed by atoms with Crippen LogP contribution in [-0.4, -0.2) is 34.7 Å². The fourth-order valence-corrected chi connectivity index (χ4v) is 2.41. The number of hydrogen-bond donors (Lipinski definition) is 3. The second-order valence-corrected chi connectivity index (χ2v) is 6.19. The molecule has 0 spiro atoms. The Balaban J connectivity index is 1.88.